The van der Waals surface area contributed by atoms with Gasteiger partial charge in [-0.15, -0.1) is 0 Å². The second kappa shape index (κ2) is 4.82. The second-order valence-corrected chi connectivity index (χ2v) is 3.62. The lowest BCUT2D eigenvalue weighted by Crippen LogP contribution is -2.06. The minimum absolute atomic E-state index is 0.218. The largest absolute Gasteiger partial charge is 0.461 e. The molecule has 0 aliphatic carbocycles. The molecule has 1 aromatic heterocycles. The van der Waals surface area contributed by atoms with Crippen LogP contribution in [0.5, 0.6) is 0 Å². The van der Waals surface area contributed by atoms with E-state index >= 15 is 0 Å². The van der Waals surface area contributed by atoms with Crippen molar-refractivity contribution in [3.8, 4) is 11.3 Å². The van der Waals surface area contributed by atoms with Crippen LogP contribution in [0.3, 0.4) is 0 Å². The Kier molecular flexibility index (Phi) is 3.23. The highest BCUT2D eigenvalue weighted by Crippen LogP contribution is 2.23. The van der Waals surface area contributed by atoms with Crippen molar-refractivity contribution in [2.24, 2.45) is 0 Å². The summed E-state index contributed by atoms with van der Waals surface area (Å²) in [5.74, 6) is -0.0136. The molecular weight excluding hydrogens is 218 g/mol. The number of aromatic nitrogens is 1. The van der Waals surface area contributed by atoms with E-state index in [9.17, 15) is 4.79 Å². The Morgan fingerprint density at radius 3 is 2.71 bits per heavy atom. The van der Waals surface area contributed by atoms with Crippen LogP contribution in [0.1, 0.15) is 23.0 Å². The number of ether oxygens (including phenoxy) is 1. The van der Waals surface area contributed by atoms with Crippen molar-refractivity contribution < 1.29 is 13.9 Å². The molecule has 17 heavy (non-hydrogen) atoms. The lowest BCUT2D eigenvalue weighted by atomic mass is 10.1. The van der Waals surface area contributed by atoms with Crippen LogP contribution in [0.4, 0.5) is 0 Å². The molecule has 1 heterocycles. The number of aryl methyl sites for hydroxylation is 1. The van der Waals surface area contributed by atoms with E-state index in [1.807, 2.05) is 31.2 Å². The van der Waals surface area contributed by atoms with Crippen LogP contribution in [0, 0.1) is 6.92 Å². The first-order chi connectivity index (χ1) is 8.22. The molecule has 0 unspecified atom stereocenters. The fourth-order valence-electron chi connectivity index (χ4n) is 1.50. The van der Waals surface area contributed by atoms with Crippen LogP contribution in [0.25, 0.3) is 11.3 Å². The molecule has 2 aromatic rings. The van der Waals surface area contributed by atoms with Gasteiger partial charge in [-0.1, -0.05) is 29.8 Å². The summed E-state index contributed by atoms with van der Waals surface area (Å²) in [6.45, 7) is 4.07. The van der Waals surface area contributed by atoms with Gasteiger partial charge in [0.05, 0.1) is 6.61 Å². The number of carbonyl (C=O) groups is 1. The van der Waals surface area contributed by atoms with Crippen molar-refractivity contribution in [1.29, 1.82) is 0 Å². The highest BCUT2D eigenvalue weighted by atomic mass is 16.5. The molecular formula is C13H13NO3. The molecule has 0 aliphatic rings. The van der Waals surface area contributed by atoms with Crippen molar-refractivity contribution in [3.05, 3.63) is 41.9 Å². The molecule has 0 amide bonds. The molecule has 0 radical (unpaired) electrons. The molecule has 0 bridgehead atoms. The zero-order chi connectivity index (χ0) is 12.3. The summed E-state index contributed by atoms with van der Waals surface area (Å²) in [5, 5.41) is 0. The molecule has 0 fully saturated rings. The molecule has 0 N–H and O–H groups in total. The highest BCUT2D eigenvalue weighted by Gasteiger charge is 2.18. The van der Waals surface area contributed by atoms with Gasteiger partial charge in [-0.2, -0.15) is 0 Å². The van der Waals surface area contributed by atoms with Crippen molar-refractivity contribution in [1.82, 2.24) is 4.98 Å². The van der Waals surface area contributed by atoms with E-state index in [0.717, 1.165) is 11.1 Å². The number of hydrogen-bond acceptors (Lipinski definition) is 4. The fourth-order valence-corrected chi connectivity index (χ4v) is 1.50. The van der Waals surface area contributed by atoms with Gasteiger partial charge >= 0.3 is 5.97 Å². The van der Waals surface area contributed by atoms with E-state index < -0.39 is 5.97 Å². The average Bonchev–Trinajstić information content (AvgIpc) is 2.79. The van der Waals surface area contributed by atoms with E-state index in [2.05, 4.69) is 4.98 Å². The summed E-state index contributed by atoms with van der Waals surface area (Å²) in [6.07, 6.45) is 1.25. The molecule has 2 rings (SSSR count). The smallest absolute Gasteiger partial charge is 0.360 e. The highest BCUT2D eigenvalue weighted by molar-refractivity contribution is 5.93. The number of hydrogen-bond donors (Lipinski definition) is 0. The number of nitrogens with zero attached hydrogens (tertiary/aromatic N) is 1. The van der Waals surface area contributed by atoms with Gasteiger partial charge in [-0.3, -0.25) is 0 Å². The van der Waals surface area contributed by atoms with E-state index in [-0.39, 0.29) is 5.69 Å². The van der Waals surface area contributed by atoms with Crippen molar-refractivity contribution in [2.75, 3.05) is 6.61 Å². The molecule has 4 nitrogen and oxygen atoms in total. The predicted molar refractivity (Wildman–Crippen MR) is 62.6 cm³/mol. The van der Waals surface area contributed by atoms with Crippen LogP contribution >= 0.6 is 0 Å². The normalized spacial score (nSPS) is 10.2. The summed E-state index contributed by atoms with van der Waals surface area (Å²) >= 11 is 0. The van der Waals surface area contributed by atoms with Crippen LogP contribution < -0.4 is 0 Å². The number of oxazole rings is 1. The van der Waals surface area contributed by atoms with E-state index in [1.165, 1.54) is 6.39 Å². The summed E-state index contributed by atoms with van der Waals surface area (Å²) in [7, 11) is 0. The first-order valence-corrected chi connectivity index (χ1v) is 5.40. The van der Waals surface area contributed by atoms with Crippen molar-refractivity contribution in [3.63, 3.8) is 0 Å². The average molecular weight is 231 g/mol. The number of rotatable bonds is 3. The lowest BCUT2D eigenvalue weighted by Gasteiger charge is -2.01. The third-order valence-electron chi connectivity index (χ3n) is 2.35. The Morgan fingerprint density at radius 2 is 2.06 bits per heavy atom. The third kappa shape index (κ3) is 2.36. The molecule has 0 saturated heterocycles. The minimum Gasteiger partial charge on any atom is -0.461 e. The molecule has 0 saturated carbocycles. The first-order valence-electron chi connectivity index (χ1n) is 5.40. The van der Waals surface area contributed by atoms with Gasteiger partial charge in [0, 0.05) is 5.56 Å². The van der Waals surface area contributed by atoms with Crippen molar-refractivity contribution >= 4 is 5.97 Å². The van der Waals surface area contributed by atoms with E-state index in [4.69, 9.17) is 9.15 Å². The topological polar surface area (TPSA) is 52.3 Å². The summed E-state index contributed by atoms with van der Waals surface area (Å²) in [4.78, 5) is 15.5. The quantitative estimate of drug-likeness (QED) is 0.762. The van der Waals surface area contributed by atoms with Gasteiger partial charge in [-0.25, -0.2) is 9.78 Å². The van der Waals surface area contributed by atoms with Crippen LogP contribution in [0.15, 0.2) is 35.1 Å². The predicted octanol–water partition coefficient (Wildman–Crippen LogP) is 2.83. The standard InChI is InChI=1S/C13H13NO3/c1-3-16-13(15)11-12(17-8-14-11)10-6-4-9(2)5-7-10/h4-8H,3H2,1-2H3. The third-order valence-corrected chi connectivity index (χ3v) is 2.35. The molecule has 1 aromatic carbocycles. The van der Waals surface area contributed by atoms with Crippen LogP contribution in [0.2, 0.25) is 0 Å². The Bertz CT molecular complexity index is 514. The van der Waals surface area contributed by atoms with Crippen molar-refractivity contribution in [2.45, 2.75) is 13.8 Å². The SMILES string of the molecule is CCOC(=O)c1ncoc1-c1ccc(C)cc1. The Morgan fingerprint density at radius 1 is 1.35 bits per heavy atom. The van der Waals surface area contributed by atoms with Gasteiger partial charge in [0.15, 0.2) is 17.8 Å². The number of carbonyl (C=O) groups excluding carboxylic acids is 1. The zero-order valence-corrected chi connectivity index (χ0v) is 9.77. The van der Waals surface area contributed by atoms with E-state index in [1.54, 1.807) is 6.92 Å². The van der Waals surface area contributed by atoms with Gasteiger partial charge in [0.1, 0.15) is 0 Å². The van der Waals surface area contributed by atoms with E-state index in [0.29, 0.717) is 12.4 Å². The molecule has 4 heteroatoms. The molecule has 0 atom stereocenters. The Balaban J connectivity index is 2.36. The van der Waals surface area contributed by atoms with Gasteiger partial charge < -0.3 is 9.15 Å². The monoisotopic (exact) mass is 231 g/mol. The summed E-state index contributed by atoms with van der Waals surface area (Å²) < 4.78 is 10.2. The second-order valence-electron chi connectivity index (χ2n) is 3.62. The summed E-state index contributed by atoms with van der Waals surface area (Å²) in [5.41, 5.74) is 2.18. The maximum absolute atomic E-state index is 11.6. The van der Waals surface area contributed by atoms with Crippen LogP contribution in [-0.4, -0.2) is 17.6 Å². The van der Waals surface area contributed by atoms with Gasteiger partial charge in [0.2, 0.25) is 0 Å². The van der Waals surface area contributed by atoms with Gasteiger partial charge in [0.25, 0.3) is 0 Å². The minimum atomic E-state index is -0.461. The summed E-state index contributed by atoms with van der Waals surface area (Å²) in [6, 6.07) is 7.68. The fraction of sp³-hybridized carbons (Fsp3) is 0.231. The molecule has 88 valence electrons. The Hall–Kier alpha value is -2.10. The van der Waals surface area contributed by atoms with Gasteiger partial charge in [-0.05, 0) is 13.8 Å². The Labute approximate surface area is 99.2 Å². The van der Waals surface area contributed by atoms with Crippen LogP contribution in [-0.2, 0) is 4.74 Å². The molecule has 0 aliphatic heterocycles. The molecule has 0 spiro atoms. The number of esters is 1. The number of benzene rings is 1. The maximum Gasteiger partial charge on any atom is 0.360 e. The zero-order valence-electron chi connectivity index (χ0n) is 9.77. The first kappa shape index (κ1) is 11.4. The lowest BCUT2D eigenvalue weighted by molar-refractivity contribution is 0.0520. The maximum atomic E-state index is 11.6.